The second-order valence-electron chi connectivity index (χ2n) is 3.34. The van der Waals surface area contributed by atoms with Crippen LogP contribution in [0.4, 0.5) is 5.69 Å². The fourth-order valence-corrected chi connectivity index (χ4v) is 1.27. The van der Waals surface area contributed by atoms with Crippen molar-refractivity contribution in [1.82, 2.24) is 0 Å². The van der Waals surface area contributed by atoms with E-state index in [-0.39, 0.29) is 5.69 Å². The molecule has 86 valence electrons. The van der Waals surface area contributed by atoms with Crippen molar-refractivity contribution < 1.29 is 19.6 Å². The van der Waals surface area contributed by atoms with Crippen LogP contribution >= 0.6 is 0 Å². The monoisotopic (exact) mass is 225 g/mol. The van der Waals surface area contributed by atoms with Gasteiger partial charge in [0.2, 0.25) is 0 Å². The summed E-state index contributed by atoms with van der Waals surface area (Å²) in [7, 11) is 0. The van der Waals surface area contributed by atoms with Crippen molar-refractivity contribution in [2.45, 2.75) is 13.8 Å². The number of aryl methyl sites for hydroxylation is 2. The quantitative estimate of drug-likeness (QED) is 0.621. The molecule has 0 aliphatic heterocycles. The van der Waals surface area contributed by atoms with Crippen molar-refractivity contribution in [3.8, 4) is 5.75 Å². The molecule has 0 saturated carbocycles. The van der Waals surface area contributed by atoms with Gasteiger partial charge in [0.15, 0.2) is 6.61 Å². The van der Waals surface area contributed by atoms with Crippen LogP contribution in [0.5, 0.6) is 5.75 Å². The highest BCUT2D eigenvalue weighted by molar-refractivity contribution is 5.68. The Hall–Kier alpha value is -2.11. The third-order valence-corrected chi connectivity index (χ3v) is 2.04. The number of nitro groups is 1. The number of carboxylic acids is 1. The van der Waals surface area contributed by atoms with Gasteiger partial charge in [-0.25, -0.2) is 4.79 Å². The van der Waals surface area contributed by atoms with Gasteiger partial charge in [-0.05, 0) is 25.5 Å². The van der Waals surface area contributed by atoms with Crippen molar-refractivity contribution in [1.29, 1.82) is 0 Å². The first-order valence-corrected chi connectivity index (χ1v) is 4.52. The molecular weight excluding hydrogens is 214 g/mol. The van der Waals surface area contributed by atoms with E-state index >= 15 is 0 Å². The number of nitrogens with zero attached hydrogens (tertiary/aromatic N) is 1. The molecule has 1 rings (SSSR count). The van der Waals surface area contributed by atoms with Crippen LogP contribution in [0.1, 0.15) is 11.1 Å². The van der Waals surface area contributed by atoms with E-state index in [9.17, 15) is 14.9 Å². The van der Waals surface area contributed by atoms with Crippen molar-refractivity contribution in [3.63, 3.8) is 0 Å². The lowest BCUT2D eigenvalue weighted by atomic mass is 10.1. The minimum Gasteiger partial charge on any atom is -0.482 e. The van der Waals surface area contributed by atoms with E-state index in [0.29, 0.717) is 16.9 Å². The topological polar surface area (TPSA) is 89.7 Å². The van der Waals surface area contributed by atoms with Crippen LogP contribution in [-0.4, -0.2) is 22.6 Å². The number of benzene rings is 1. The number of nitro benzene ring substituents is 1. The first-order chi connectivity index (χ1) is 7.41. The standard InChI is InChI=1S/C10H11NO5/c1-6-4-9(16-5-10(12)13)7(2)3-8(6)11(14)15/h3-4H,5H2,1-2H3,(H,12,13). The minimum absolute atomic E-state index is 0.000162. The third-order valence-electron chi connectivity index (χ3n) is 2.04. The molecule has 0 saturated heterocycles. The Kier molecular flexibility index (Phi) is 3.44. The molecule has 6 nitrogen and oxygen atoms in total. The Morgan fingerprint density at radius 3 is 2.56 bits per heavy atom. The lowest BCUT2D eigenvalue weighted by Crippen LogP contribution is -2.10. The highest BCUT2D eigenvalue weighted by Gasteiger charge is 2.14. The molecule has 16 heavy (non-hydrogen) atoms. The van der Waals surface area contributed by atoms with Crippen LogP contribution < -0.4 is 4.74 Å². The van der Waals surface area contributed by atoms with E-state index < -0.39 is 17.5 Å². The summed E-state index contributed by atoms with van der Waals surface area (Å²) in [4.78, 5) is 20.4. The van der Waals surface area contributed by atoms with Crippen LogP contribution in [0.15, 0.2) is 12.1 Å². The summed E-state index contributed by atoms with van der Waals surface area (Å²) in [6.45, 7) is 2.74. The minimum atomic E-state index is -1.09. The van der Waals surface area contributed by atoms with Gasteiger partial charge in [0.05, 0.1) is 4.92 Å². The van der Waals surface area contributed by atoms with E-state index in [1.54, 1.807) is 13.8 Å². The summed E-state index contributed by atoms with van der Waals surface area (Å²) >= 11 is 0. The summed E-state index contributed by atoms with van der Waals surface area (Å²) in [5.74, 6) is -0.735. The van der Waals surface area contributed by atoms with Crippen molar-refractivity contribution in [2.75, 3.05) is 6.61 Å². The molecular formula is C10H11NO5. The second kappa shape index (κ2) is 4.61. The molecule has 0 bridgehead atoms. The van der Waals surface area contributed by atoms with Crippen LogP contribution in [0.3, 0.4) is 0 Å². The van der Waals surface area contributed by atoms with Crippen LogP contribution in [0, 0.1) is 24.0 Å². The van der Waals surface area contributed by atoms with Gasteiger partial charge >= 0.3 is 5.97 Å². The number of hydrogen-bond acceptors (Lipinski definition) is 4. The van der Waals surface area contributed by atoms with Crippen molar-refractivity contribution in [3.05, 3.63) is 33.4 Å². The molecule has 0 fully saturated rings. The molecule has 0 aliphatic rings. The summed E-state index contributed by atoms with van der Waals surface area (Å²) in [6.07, 6.45) is 0. The zero-order valence-corrected chi connectivity index (χ0v) is 8.89. The number of carboxylic acid groups (broad SMARTS) is 1. The molecule has 1 N–H and O–H groups in total. The van der Waals surface area contributed by atoms with Crippen molar-refractivity contribution >= 4 is 11.7 Å². The predicted octanol–water partition coefficient (Wildman–Crippen LogP) is 1.68. The molecule has 0 aliphatic carbocycles. The molecule has 1 aromatic carbocycles. The van der Waals surface area contributed by atoms with E-state index in [1.165, 1.54) is 12.1 Å². The average Bonchev–Trinajstić information content (AvgIpc) is 2.18. The fourth-order valence-electron chi connectivity index (χ4n) is 1.27. The number of aliphatic carboxylic acids is 1. The molecule has 6 heteroatoms. The summed E-state index contributed by atoms with van der Waals surface area (Å²) in [6, 6.07) is 2.84. The molecule has 0 unspecified atom stereocenters. The number of ether oxygens (including phenoxy) is 1. The normalized spacial score (nSPS) is 9.88. The van der Waals surface area contributed by atoms with Crippen LogP contribution in [0.25, 0.3) is 0 Å². The van der Waals surface area contributed by atoms with E-state index in [4.69, 9.17) is 9.84 Å². The second-order valence-corrected chi connectivity index (χ2v) is 3.34. The van der Waals surface area contributed by atoms with Crippen LogP contribution in [-0.2, 0) is 4.79 Å². The smallest absolute Gasteiger partial charge is 0.341 e. The van der Waals surface area contributed by atoms with E-state index in [2.05, 4.69) is 0 Å². The predicted molar refractivity (Wildman–Crippen MR) is 55.7 cm³/mol. The Morgan fingerprint density at radius 1 is 1.44 bits per heavy atom. The number of carbonyl (C=O) groups is 1. The zero-order chi connectivity index (χ0) is 12.3. The summed E-state index contributed by atoms with van der Waals surface area (Å²) in [5, 5.41) is 19.1. The number of hydrogen-bond donors (Lipinski definition) is 1. The Labute approximate surface area is 91.6 Å². The molecule has 0 amide bonds. The Balaban J connectivity index is 3.01. The lowest BCUT2D eigenvalue weighted by Gasteiger charge is -2.08. The largest absolute Gasteiger partial charge is 0.482 e. The van der Waals surface area contributed by atoms with Gasteiger partial charge in [0, 0.05) is 11.6 Å². The highest BCUT2D eigenvalue weighted by Crippen LogP contribution is 2.27. The van der Waals surface area contributed by atoms with Gasteiger partial charge in [0.25, 0.3) is 5.69 Å². The Morgan fingerprint density at radius 2 is 2.06 bits per heavy atom. The maximum atomic E-state index is 10.6. The third kappa shape index (κ3) is 2.69. The molecule has 0 radical (unpaired) electrons. The maximum absolute atomic E-state index is 10.6. The van der Waals surface area contributed by atoms with Gasteiger partial charge < -0.3 is 9.84 Å². The van der Waals surface area contributed by atoms with Crippen molar-refractivity contribution in [2.24, 2.45) is 0 Å². The highest BCUT2D eigenvalue weighted by atomic mass is 16.6. The molecule has 0 heterocycles. The molecule has 0 spiro atoms. The summed E-state index contributed by atoms with van der Waals surface area (Å²) < 4.78 is 4.99. The van der Waals surface area contributed by atoms with Gasteiger partial charge in [-0.1, -0.05) is 0 Å². The average molecular weight is 225 g/mol. The van der Waals surface area contributed by atoms with E-state index in [1.807, 2.05) is 0 Å². The molecule has 1 aromatic rings. The maximum Gasteiger partial charge on any atom is 0.341 e. The molecule has 0 atom stereocenters. The van der Waals surface area contributed by atoms with Crippen LogP contribution in [0.2, 0.25) is 0 Å². The van der Waals surface area contributed by atoms with E-state index in [0.717, 1.165) is 0 Å². The van der Waals surface area contributed by atoms with Gasteiger partial charge in [-0.3, -0.25) is 10.1 Å². The zero-order valence-electron chi connectivity index (χ0n) is 8.89. The van der Waals surface area contributed by atoms with Gasteiger partial charge in [-0.15, -0.1) is 0 Å². The van der Waals surface area contributed by atoms with Gasteiger partial charge in [-0.2, -0.15) is 0 Å². The van der Waals surface area contributed by atoms with Gasteiger partial charge in [0.1, 0.15) is 5.75 Å². The number of rotatable bonds is 4. The SMILES string of the molecule is Cc1cc([N+](=O)[O-])c(C)cc1OCC(=O)O. The fraction of sp³-hybridized carbons (Fsp3) is 0.300. The Bertz CT molecular complexity index is 441. The first-order valence-electron chi connectivity index (χ1n) is 4.52. The summed E-state index contributed by atoms with van der Waals surface area (Å²) in [5.41, 5.74) is 0.981. The lowest BCUT2D eigenvalue weighted by molar-refractivity contribution is -0.385. The molecule has 0 aromatic heterocycles. The first kappa shape index (κ1) is 12.0.